The highest BCUT2D eigenvalue weighted by Gasteiger charge is 2.12. The number of aryl methyl sites for hydroxylation is 1. The summed E-state index contributed by atoms with van der Waals surface area (Å²) in [6.45, 7) is 0.299. The molecule has 0 fully saturated rings. The van der Waals surface area contributed by atoms with Crippen molar-refractivity contribution in [1.29, 1.82) is 0 Å². The van der Waals surface area contributed by atoms with Crippen molar-refractivity contribution < 1.29 is 9.84 Å². The fourth-order valence-corrected chi connectivity index (χ4v) is 2.61. The largest absolute Gasteiger partial charge is 0.491 e. The first-order valence-corrected chi connectivity index (χ1v) is 7.13. The average molecular weight is 281 g/mol. The Morgan fingerprint density at radius 3 is 2.57 bits per heavy atom. The predicted octanol–water partition coefficient (Wildman–Crippen LogP) is 3.16. The minimum Gasteiger partial charge on any atom is -0.491 e. The van der Waals surface area contributed by atoms with Crippen LogP contribution in [0.25, 0.3) is 10.9 Å². The van der Waals surface area contributed by atoms with Gasteiger partial charge in [-0.2, -0.15) is 0 Å². The summed E-state index contributed by atoms with van der Waals surface area (Å²) in [4.78, 5) is 0. The molecule has 1 aromatic heterocycles. The molecule has 3 heteroatoms. The maximum atomic E-state index is 10.2. The van der Waals surface area contributed by atoms with E-state index in [0.717, 1.165) is 11.3 Å². The fraction of sp³-hybridized carbons (Fsp3) is 0.222. The summed E-state index contributed by atoms with van der Waals surface area (Å²) in [7, 11) is 2.03. The van der Waals surface area contributed by atoms with Crippen LogP contribution in [0, 0.1) is 0 Å². The second-order valence-corrected chi connectivity index (χ2v) is 5.26. The monoisotopic (exact) mass is 281 g/mol. The van der Waals surface area contributed by atoms with Crippen molar-refractivity contribution in [1.82, 2.24) is 4.57 Å². The Balaban J connectivity index is 1.68. The van der Waals surface area contributed by atoms with Crippen molar-refractivity contribution in [3.8, 4) is 5.75 Å². The predicted molar refractivity (Wildman–Crippen MR) is 84.6 cm³/mol. The molecular formula is C18H19NO2. The molecule has 21 heavy (non-hydrogen) atoms. The van der Waals surface area contributed by atoms with Crippen LogP contribution in [0.5, 0.6) is 5.75 Å². The van der Waals surface area contributed by atoms with Crippen LogP contribution in [0.15, 0.2) is 60.8 Å². The SMILES string of the molecule is Cn1cc(CC(O)COc2ccccc2)c2ccccc21. The number of para-hydroxylation sites is 2. The van der Waals surface area contributed by atoms with Gasteiger partial charge < -0.3 is 14.4 Å². The Morgan fingerprint density at radius 2 is 1.76 bits per heavy atom. The molecular weight excluding hydrogens is 262 g/mol. The fourth-order valence-electron chi connectivity index (χ4n) is 2.61. The molecule has 1 N–H and O–H groups in total. The van der Waals surface area contributed by atoms with Crippen LogP contribution in [0.2, 0.25) is 0 Å². The van der Waals surface area contributed by atoms with E-state index in [1.54, 1.807) is 0 Å². The Hall–Kier alpha value is -2.26. The van der Waals surface area contributed by atoms with Crippen LogP contribution in [-0.2, 0) is 13.5 Å². The minimum absolute atomic E-state index is 0.299. The first kappa shape index (κ1) is 13.7. The second-order valence-electron chi connectivity index (χ2n) is 5.26. The average Bonchev–Trinajstić information content (AvgIpc) is 2.83. The molecule has 0 saturated heterocycles. The van der Waals surface area contributed by atoms with E-state index < -0.39 is 6.10 Å². The Morgan fingerprint density at radius 1 is 1.05 bits per heavy atom. The molecule has 1 heterocycles. The molecule has 1 atom stereocenters. The molecule has 2 aromatic carbocycles. The van der Waals surface area contributed by atoms with Gasteiger partial charge in [0.15, 0.2) is 0 Å². The summed E-state index contributed by atoms with van der Waals surface area (Å²) in [6.07, 6.45) is 2.15. The molecule has 0 bridgehead atoms. The third-order valence-corrected chi connectivity index (χ3v) is 3.62. The van der Waals surface area contributed by atoms with Gasteiger partial charge in [0.05, 0.1) is 6.10 Å². The number of hydrogen-bond donors (Lipinski definition) is 1. The molecule has 0 radical (unpaired) electrons. The molecule has 0 aliphatic rings. The Labute approximate surface area is 124 Å². The van der Waals surface area contributed by atoms with E-state index in [1.807, 2.05) is 49.5 Å². The third kappa shape index (κ3) is 3.09. The van der Waals surface area contributed by atoms with Gasteiger partial charge in [-0.05, 0) is 23.8 Å². The highest BCUT2D eigenvalue weighted by molar-refractivity contribution is 5.83. The van der Waals surface area contributed by atoms with Crippen molar-refractivity contribution in [3.05, 3.63) is 66.4 Å². The summed E-state index contributed by atoms with van der Waals surface area (Å²) in [5.41, 5.74) is 2.33. The molecule has 0 aliphatic carbocycles. The van der Waals surface area contributed by atoms with Gasteiger partial charge in [-0.1, -0.05) is 36.4 Å². The topological polar surface area (TPSA) is 34.4 Å². The van der Waals surface area contributed by atoms with Crippen LogP contribution < -0.4 is 4.74 Å². The first-order chi connectivity index (χ1) is 10.2. The highest BCUT2D eigenvalue weighted by Crippen LogP contribution is 2.21. The van der Waals surface area contributed by atoms with Gasteiger partial charge in [0, 0.05) is 30.6 Å². The molecule has 108 valence electrons. The third-order valence-electron chi connectivity index (χ3n) is 3.62. The quantitative estimate of drug-likeness (QED) is 0.779. The summed E-state index contributed by atoms with van der Waals surface area (Å²) in [6, 6.07) is 17.8. The lowest BCUT2D eigenvalue weighted by atomic mass is 10.1. The van der Waals surface area contributed by atoms with Gasteiger partial charge in [0.25, 0.3) is 0 Å². The summed E-state index contributed by atoms with van der Waals surface area (Å²) < 4.78 is 7.69. The van der Waals surface area contributed by atoms with Gasteiger partial charge in [-0.3, -0.25) is 0 Å². The van der Waals surface area contributed by atoms with Crippen LogP contribution in [0.3, 0.4) is 0 Å². The van der Waals surface area contributed by atoms with Crippen molar-refractivity contribution >= 4 is 10.9 Å². The lowest BCUT2D eigenvalue weighted by Crippen LogP contribution is -2.20. The zero-order chi connectivity index (χ0) is 14.7. The number of aromatic nitrogens is 1. The van der Waals surface area contributed by atoms with Gasteiger partial charge >= 0.3 is 0 Å². The highest BCUT2D eigenvalue weighted by atomic mass is 16.5. The maximum Gasteiger partial charge on any atom is 0.119 e. The van der Waals surface area contributed by atoms with Crippen molar-refractivity contribution in [3.63, 3.8) is 0 Å². The number of nitrogens with zero attached hydrogens (tertiary/aromatic N) is 1. The molecule has 0 amide bonds. The van der Waals surface area contributed by atoms with E-state index in [9.17, 15) is 5.11 Å². The molecule has 0 aliphatic heterocycles. The van der Waals surface area contributed by atoms with Crippen molar-refractivity contribution in [2.45, 2.75) is 12.5 Å². The van der Waals surface area contributed by atoms with Crippen molar-refractivity contribution in [2.24, 2.45) is 7.05 Å². The Kier molecular flexibility index (Phi) is 3.93. The van der Waals surface area contributed by atoms with E-state index >= 15 is 0 Å². The molecule has 3 nitrogen and oxygen atoms in total. The second kappa shape index (κ2) is 6.02. The Bertz CT molecular complexity index is 718. The maximum absolute atomic E-state index is 10.2. The van der Waals surface area contributed by atoms with E-state index in [0.29, 0.717) is 13.0 Å². The van der Waals surface area contributed by atoms with E-state index in [1.165, 1.54) is 10.9 Å². The van der Waals surface area contributed by atoms with E-state index in [4.69, 9.17) is 4.74 Å². The number of rotatable bonds is 5. The van der Waals surface area contributed by atoms with Gasteiger partial charge in [-0.15, -0.1) is 0 Å². The smallest absolute Gasteiger partial charge is 0.119 e. The van der Waals surface area contributed by atoms with Crippen LogP contribution in [0.1, 0.15) is 5.56 Å². The van der Waals surface area contributed by atoms with Crippen LogP contribution in [0.4, 0.5) is 0 Å². The van der Waals surface area contributed by atoms with E-state index in [2.05, 4.69) is 22.9 Å². The molecule has 3 rings (SSSR count). The molecule has 0 spiro atoms. The number of benzene rings is 2. The lowest BCUT2D eigenvalue weighted by molar-refractivity contribution is 0.108. The van der Waals surface area contributed by atoms with Gasteiger partial charge in [0.1, 0.15) is 12.4 Å². The van der Waals surface area contributed by atoms with Crippen LogP contribution in [-0.4, -0.2) is 22.4 Å². The van der Waals surface area contributed by atoms with E-state index in [-0.39, 0.29) is 0 Å². The van der Waals surface area contributed by atoms with Gasteiger partial charge in [-0.25, -0.2) is 0 Å². The van der Waals surface area contributed by atoms with Crippen molar-refractivity contribution in [2.75, 3.05) is 6.61 Å². The molecule has 3 aromatic rings. The number of aliphatic hydroxyl groups excluding tert-OH is 1. The summed E-state index contributed by atoms with van der Waals surface area (Å²) in [5.74, 6) is 0.787. The normalized spacial score (nSPS) is 12.5. The molecule has 0 saturated carbocycles. The number of fused-ring (bicyclic) bond motifs is 1. The number of aliphatic hydroxyl groups is 1. The van der Waals surface area contributed by atoms with Crippen LogP contribution >= 0.6 is 0 Å². The summed E-state index contributed by atoms with van der Waals surface area (Å²) >= 11 is 0. The lowest BCUT2D eigenvalue weighted by Gasteiger charge is -2.12. The minimum atomic E-state index is -0.518. The molecule has 1 unspecified atom stereocenters. The zero-order valence-corrected chi connectivity index (χ0v) is 12.1. The van der Waals surface area contributed by atoms with Gasteiger partial charge in [0.2, 0.25) is 0 Å². The first-order valence-electron chi connectivity index (χ1n) is 7.13. The standard InChI is InChI=1S/C18H19NO2/c1-19-12-14(17-9-5-6-10-18(17)19)11-15(20)13-21-16-7-3-2-4-8-16/h2-10,12,15,20H,11,13H2,1H3. The number of hydrogen-bond acceptors (Lipinski definition) is 2. The zero-order valence-electron chi connectivity index (χ0n) is 12.1. The number of ether oxygens (including phenoxy) is 1. The summed E-state index contributed by atoms with van der Waals surface area (Å²) in [5, 5.41) is 11.4.